The van der Waals surface area contributed by atoms with Crippen LogP contribution in [0.25, 0.3) is 0 Å². The van der Waals surface area contributed by atoms with Gasteiger partial charge in [0.25, 0.3) is 11.8 Å². The summed E-state index contributed by atoms with van der Waals surface area (Å²) in [4.78, 5) is 38.7. The minimum absolute atomic E-state index is 0.0788. The van der Waals surface area contributed by atoms with Crippen molar-refractivity contribution < 1.29 is 24.0 Å². The molecule has 1 unspecified atom stereocenters. The molecule has 0 aromatic rings. The molecule has 1 aliphatic carbocycles. The number of hydrogen-bond acceptors (Lipinski definition) is 5. The lowest BCUT2D eigenvalue weighted by molar-refractivity contribution is -0.178. The molecule has 1 atom stereocenters. The molecule has 0 N–H and O–H groups in total. The van der Waals surface area contributed by atoms with E-state index in [-0.39, 0.29) is 18.9 Å². The summed E-state index contributed by atoms with van der Waals surface area (Å²) in [5, 5.41) is 0.495. The average molecular weight is 267 g/mol. The minimum Gasteiger partial charge on any atom is -0.425 e. The number of allylic oxidation sites excluding steroid dienone is 1. The van der Waals surface area contributed by atoms with Crippen LogP contribution in [0.4, 0.5) is 4.79 Å². The van der Waals surface area contributed by atoms with Crippen LogP contribution in [0.15, 0.2) is 12.2 Å². The molecule has 0 bridgehead atoms. The van der Waals surface area contributed by atoms with Gasteiger partial charge in [-0.25, -0.2) is 4.79 Å². The molecule has 0 spiro atoms. The van der Waals surface area contributed by atoms with Crippen LogP contribution < -0.4 is 0 Å². The van der Waals surface area contributed by atoms with Crippen LogP contribution in [0.1, 0.15) is 44.9 Å². The van der Waals surface area contributed by atoms with Crippen LogP contribution in [0, 0.1) is 0 Å². The molecule has 1 fully saturated rings. The summed E-state index contributed by atoms with van der Waals surface area (Å²) >= 11 is 0. The van der Waals surface area contributed by atoms with Crippen molar-refractivity contribution in [2.24, 2.45) is 0 Å². The summed E-state index contributed by atoms with van der Waals surface area (Å²) < 4.78 is 5.09. The van der Waals surface area contributed by atoms with E-state index in [0.717, 1.165) is 32.1 Å². The van der Waals surface area contributed by atoms with Crippen molar-refractivity contribution in [1.29, 1.82) is 0 Å². The number of hydroxylamine groups is 2. The second-order valence-corrected chi connectivity index (χ2v) is 4.65. The zero-order valence-electron chi connectivity index (χ0n) is 10.7. The molecule has 1 heterocycles. The van der Waals surface area contributed by atoms with Crippen molar-refractivity contribution in [1.82, 2.24) is 5.06 Å². The van der Waals surface area contributed by atoms with Gasteiger partial charge in [-0.05, 0) is 31.8 Å². The van der Waals surface area contributed by atoms with E-state index in [4.69, 9.17) is 4.74 Å². The Balaban J connectivity index is 1.84. The highest BCUT2D eigenvalue weighted by atomic mass is 16.8. The fraction of sp³-hybridized carbons (Fsp3) is 0.615. The number of rotatable bonds is 2. The Bertz CT molecular complexity index is 388. The van der Waals surface area contributed by atoms with Crippen molar-refractivity contribution in [3.63, 3.8) is 0 Å². The summed E-state index contributed by atoms with van der Waals surface area (Å²) in [5.74, 6) is -1.01. The highest BCUT2D eigenvalue weighted by Gasteiger charge is 2.33. The summed E-state index contributed by atoms with van der Waals surface area (Å²) in [6.45, 7) is 0. The normalized spacial score (nSPS) is 24.0. The van der Waals surface area contributed by atoms with Gasteiger partial charge in [-0.2, -0.15) is 0 Å². The second-order valence-electron chi connectivity index (χ2n) is 4.65. The van der Waals surface area contributed by atoms with E-state index in [2.05, 4.69) is 4.84 Å². The molecule has 1 aliphatic heterocycles. The van der Waals surface area contributed by atoms with Gasteiger partial charge in [-0.1, -0.05) is 17.6 Å². The molecule has 6 nitrogen and oxygen atoms in total. The first kappa shape index (κ1) is 13.6. The number of carbonyl (C=O) groups excluding carboxylic acids is 3. The summed E-state index contributed by atoms with van der Waals surface area (Å²) in [6, 6.07) is 0. The quantitative estimate of drug-likeness (QED) is 0.435. The lowest BCUT2D eigenvalue weighted by Gasteiger charge is -2.17. The Morgan fingerprint density at radius 3 is 2.63 bits per heavy atom. The number of hydrogen-bond donors (Lipinski definition) is 0. The maximum absolute atomic E-state index is 11.5. The maximum atomic E-state index is 11.5. The van der Waals surface area contributed by atoms with Crippen LogP contribution in [0.2, 0.25) is 0 Å². The number of carbonyl (C=O) groups is 3. The highest BCUT2D eigenvalue weighted by molar-refractivity contribution is 6.01. The standard InChI is InChI=1S/C13H17NO5/c15-11-8-9-12(16)14(11)19-13(17)18-10-6-4-2-1-3-5-7-10/h4,6,10H,1-3,5,7-9H2. The van der Waals surface area contributed by atoms with Gasteiger partial charge >= 0.3 is 6.16 Å². The number of amides is 2. The van der Waals surface area contributed by atoms with Crippen molar-refractivity contribution in [3.05, 3.63) is 12.2 Å². The van der Waals surface area contributed by atoms with Crippen LogP contribution in [-0.2, 0) is 19.2 Å². The third kappa shape index (κ3) is 3.81. The molecule has 19 heavy (non-hydrogen) atoms. The monoisotopic (exact) mass is 267 g/mol. The molecule has 2 aliphatic rings. The van der Waals surface area contributed by atoms with E-state index >= 15 is 0 Å². The van der Waals surface area contributed by atoms with Crippen molar-refractivity contribution >= 4 is 18.0 Å². The van der Waals surface area contributed by atoms with Crippen LogP contribution >= 0.6 is 0 Å². The molecule has 1 saturated heterocycles. The Kier molecular flexibility index (Phi) is 4.54. The van der Waals surface area contributed by atoms with E-state index in [1.165, 1.54) is 0 Å². The SMILES string of the molecule is O=C(OC1C=CCCCCC1)ON1C(=O)CCC1=O. The van der Waals surface area contributed by atoms with Crippen LogP contribution in [0.3, 0.4) is 0 Å². The lowest BCUT2D eigenvalue weighted by Crippen LogP contribution is -2.33. The number of nitrogens with zero attached hydrogens (tertiary/aromatic N) is 1. The third-order valence-corrected chi connectivity index (χ3v) is 3.13. The van der Waals surface area contributed by atoms with E-state index < -0.39 is 18.0 Å². The molecule has 0 radical (unpaired) electrons. The maximum Gasteiger partial charge on any atom is 0.534 e. The van der Waals surface area contributed by atoms with Gasteiger partial charge in [-0.3, -0.25) is 14.4 Å². The first-order valence-corrected chi connectivity index (χ1v) is 6.58. The predicted molar refractivity (Wildman–Crippen MR) is 64.7 cm³/mol. The van der Waals surface area contributed by atoms with Crippen LogP contribution in [0.5, 0.6) is 0 Å². The van der Waals surface area contributed by atoms with Crippen molar-refractivity contribution in [3.8, 4) is 0 Å². The molecule has 2 rings (SSSR count). The molecule has 0 aromatic carbocycles. The highest BCUT2D eigenvalue weighted by Crippen LogP contribution is 2.16. The van der Waals surface area contributed by atoms with Gasteiger partial charge in [0.15, 0.2) is 0 Å². The predicted octanol–water partition coefficient (Wildman–Crippen LogP) is 2.09. The first-order valence-electron chi connectivity index (χ1n) is 6.58. The minimum atomic E-state index is -1.00. The lowest BCUT2D eigenvalue weighted by atomic mass is 10.0. The molecule has 104 valence electrons. The Hall–Kier alpha value is -1.85. The van der Waals surface area contributed by atoms with Crippen LogP contribution in [-0.4, -0.2) is 29.1 Å². The van der Waals surface area contributed by atoms with Crippen molar-refractivity contribution in [2.45, 2.75) is 51.0 Å². The average Bonchev–Trinajstić information content (AvgIpc) is 2.64. The molecular formula is C13H17NO5. The van der Waals surface area contributed by atoms with Gasteiger partial charge in [0.2, 0.25) is 0 Å². The Morgan fingerprint density at radius 2 is 1.89 bits per heavy atom. The van der Waals surface area contributed by atoms with Gasteiger partial charge in [0, 0.05) is 12.8 Å². The van der Waals surface area contributed by atoms with Crippen molar-refractivity contribution in [2.75, 3.05) is 0 Å². The van der Waals surface area contributed by atoms with E-state index in [1.54, 1.807) is 0 Å². The molecule has 0 aromatic heterocycles. The Labute approximate surface area is 111 Å². The zero-order valence-corrected chi connectivity index (χ0v) is 10.7. The van der Waals surface area contributed by atoms with Gasteiger partial charge < -0.3 is 4.74 Å². The molecule has 0 saturated carbocycles. The van der Waals surface area contributed by atoms with E-state index in [1.807, 2.05) is 12.2 Å². The number of imide groups is 1. The zero-order chi connectivity index (χ0) is 13.7. The van der Waals surface area contributed by atoms with E-state index in [0.29, 0.717) is 5.06 Å². The summed E-state index contributed by atoms with van der Waals surface area (Å²) in [7, 11) is 0. The molecule has 6 heteroatoms. The third-order valence-electron chi connectivity index (χ3n) is 3.13. The summed E-state index contributed by atoms with van der Waals surface area (Å²) in [5.41, 5.74) is 0. The largest absolute Gasteiger partial charge is 0.534 e. The topological polar surface area (TPSA) is 72.9 Å². The molecule has 2 amide bonds. The van der Waals surface area contributed by atoms with Gasteiger partial charge in [0.05, 0.1) is 0 Å². The summed E-state index contributed by atoms with van der Waals surface area (Å²) in [6.07, 6.45) is 7.53. The number of ether oxygens (including phenoxy) is 1. The fourth-order valence-electron chi connectivity index (χ4n) is 2.10. The second kappa shape index (κ2) is 6.36. The first-order chi connectivity index (χ1) is 9.16. The Morgan fingerprint density at radius 1 is 1.16 bits per heavy atom. The fourth-order valence-corrected chi connectivity index (χ4v) is 2.10. The van der Waals surface area contributed by atoms with E-state index in [9.17, 15) is 14.4 Å². The van der Waals surface area contributed by atoms with Gasteiger partial charge in [0.1, 0.15) is 6.10 Å². The smallest absolute Gasteiger partial charge is 0.425 e. The molecular weight excluding hydrogens is 250 g/mol. The van der Waals surface area contributed by atoms with Gasteiger partial charge in [-0.15, -0.1) is 0 Å².